The Labute approximate surface area is 120 Å². The van der Waals surface area contributed by atoms with Crippen LogP contribution >= 0.6 is 0 Å². The van der Waals surface area contributed by atoms with Crippen LogP contribution in [0, 0.1) is 17.2 Å². The highest BCUT2D eigenvalue weighted by molar-refractivity contribution is 5.94. The SMILES string of the molecule is CC(C)(C)C1CCCCC1NC(=O)c1ccccc1F. The number of halogens is 1. The number of carbonyl (C=O) groups is 1. The number of benzene rings is 1. The fourth-order valence-electron chi connectivity index (χ4n) is 3.23. The molecule has 1 N–H and O–H groups in total. The van der Waals surface area contributed by atoms with Crippen LogP contribution in [0.3, 0.4) is 0 Å². The summed E-state index contributed by atoms with van der Waals surface area (Å²) in [6.45, 7) is 6.64. The monoisotopic (exact) mass is 277 g/mol. The van der Waals surface area contributed by atoms with Gasteiger partial charge in [-0.3, -0.25) is 4.79 Å². The predicted molar refractivity (Wildman–Crippen MR) is 79.1 cm³/mol. The van der Waals surface area contributed by atoms with E-state index in [-0.39, 0.29) is 22.9 Å². The molecule has 2 nitrogen and oxygen atoms in total. The van der Waals surface area contributed by atoms with Crippen LogP contribution in [0.4, 0.5) is 4.39 Å². The molecule has 2 atom stereocenters. The van der Waals surface area contributed by atoms with E-state index in [1.54, 1.807) is 18.2 Å². The molecule has 1 aliphatic carbocycles. The third-order valence-electron chi connectivity index (χ3n) is 4.31. The summed E-state index contributed by atoms with van der Waals surface area (Å²) >= 11 is 0. The van der Waals surface area contributed by atoms with Gasteiger partial charge < -0.3 is 5.32 Å². The minimum absolute atomic E-state index is 0.144. The van der Waals surface area contributed by atoms with E-state index in [2.05, 4.69) is 26.1 Å². The van der Waals surface area contributed by atoms with Gasteiger partial charge in [0.2, 0.25) is 0 Å². The van der Waals surface area contributed by atoms with Gasteiger partial charge in [0, 0.05) is 6.04 Å². The summed E-state index contributed by atoms with van der Waals surface area (Å²) in [4.78, 5) is 12.3. The summed E-state index contributed by atoms with van der Waals surface area (Å²) in [6, 6.07) is 6.32. The maximum absolute atomic E-state index is 13.7. The van der Waals surface area contributed by atoms with Crippen LogP contribution < -0.4 is 5.32 Å². The molecule has 0 aliphatic heterocycles. The van der Waals surface area contributed by atoms with Crippen molar-refractivity contribution in [2.24, 2.45) is 11.3 Å². The first kappa shape index (κ1) is 15.0. The molecule has 20 heavy (non-hydrogen) atoms. The third-order valence-corrected chi connectivity index (χ3v) is 4.31. The molecule has 0 radical (unpaired) electrons. The topological polar surface area (TPSA) is 29.1 Å². The lowest BCUT2D eigenvalue weighted by Gasteiger charge is -2.40. The lowest BCUT2D eigenvalue weighted by molar-refractivity contribution is 0.0826. The summed E-state index contributed by atoms with van der Waals surface area (Å²) < 4.78 is 13.7. The molecule has 1 saturated carbocycles. The van der Waals surface area contributed by atoms with Gasteiger partial charge in [0.05, 0.1) is 5.56 Å². The summed E-state index contributed by atoms with van der Waals surface area (Å²) in [6.07, 6.45) is 4.47. The summed E-state index contributed by atoms with van der Waals surface area (Å²) in [5, 5.41) is 3.05. The van der Waals surface area contributed by atoms with Crippen molar-refractivity contribution < 1.29 is 9.18 Å². The molecule has 3 heteroatoms. The molecule has 2 unspecified atom stereocenters. The van der Waals surface area contributed by atoms with Crippen molar-refractivity contribution in [3.05, 3.63) is 35.6 Å². The smallest absolute Gasteiger partial charge is 0.254 e. The van der Waals surface area contributed by atoms with Crippen LogP contribution in [0.25, 0.3) is 0 Å². The van der Waals surface area contributed by atoms with Gasteiger partial charge in [-0.15, -0.1) is 0 Å². The first-order chi connectivity index (χ1) is 9.39. The van der Waals surface area contributed by atoms with Gasteiger partial charge in [0.1, 0.15) is 5.82 Å². The zero-order valence-corrected chi connectivity index (χ0v) is 12.6. The standard InChI is InChI=1S/C17H24FNO/c1-17(2,3)13-9-5-7-11-15(13)19-16(20)12-8-4-6-10-14(12)18/h4,6,8,10,13,15H,5,7,9,11H2,1-3H3,(H,19,20). The third kappa shape index (κ3) is 3.38. The van der Waals surface area contributed by atoms with Gasteiger partial charge in [0.15, 0.2) is 0 Å². The average molecular weight is 277 g/mol. The van der Waals surface area contributed by atoms with Crippen LogP contribution in [0.5, 0.6) is 0 Å². The first-order valence-corrected chi connectivity index (χ1v) is 7.45. The van der Waals surface area contributed by atoms with E-state index < -0.39 is 5.82 Å². The van der Waals surface area contributed by atoms with E-state index in [0.717, 1.165) is 19.3 Å². The number of amides is 1. The van der Waals surface area contributed by atoms with Crippen LogP contribution in [-0.2, 0) is 0 Å². The van der Waals surface area contributed by atoms with E-state index in [1.165, 1.54) is 12.5 Å². The number of hydrogen-bond acceptors (Lipinski definition) is 1. The maximum Gasteiger partial charge on any atom is 0.254 e. The normalized spacial score (nSPS) is 23.4. The van der Waals surface area contributed by atoms with Crippen molar-refractivity contribution in [1.29, 1.82) is 0 Å². The van der Waals surface area contributed by atoms with Crippen molar-refractivity contribution >= 4 is 5.91 Å². The van der Waals surface area contributed by atoms with Crippen molar-refractivity contribution in [2.75, 3.05) is 0 Å². The van der Waals surface area contributed by atoms with Gasteiger partial charge in [-0.25, -0.2) is 4.39 Å². The molecule has 1 amide bonds. The highest BCUT2D eigenvalue weighted by Gasteiger charge is 2.35. The number of nitrogens with one attached hydrogen (secondary N) is 1. The van der Waals surface area contributed by atoms with Gasteiger partial charge in [-0.1, -0.05) is 45.7 Å². The molecule has 1 aliphatic rings. The van der Waals surface area contributed by atoms with Crippen LogP contribution in [0.1, 0.15) is 56.8 Å². The number of rotatable bonds is 2. The summed E-state index contributed by atoms with van der Waals surface area (Å²) in [5.74, 6) is -0.288. The van der Waals surface area contributed by atoms with Gasteiger partial charge in [0.25, 0.3) is 5.91 Å². The molecule has 0 bridgehead atoms. The van der Waals surface area contributed by atoms with E-state index >= 15 is 0 Å². The average Bonchev–Trinajstić information content (AvgIpc) is 2.38. The highest BCUT2D eigenvalue weighted by atomic mass is 19.1. The molecule has 1 fully saturated rings. The Morgan fingerprint density at radius 1 is 1.20 bits per heavy atom. The van der Waals surface area contributed by atoms with E-state index in [1.807, 2.05) is 0 Å². The van der Waals surface area contributed by atoms with Gasteiger partial charge >= 0.3 is 0 Å². The molecule has 0 aromatic heterocycles. The second-order valence-corrected chi connectivity index (χ2v) is 6.82. The quantitative estimate of drug-likeness (QED) is 0.864. The fraction of sp³-hybridized carbons (Fsp3) is 0.588. The Morgan fingerprint density at radius 2 is 1.85 bits per heavy atom. The molecule has 110 valence electrons. The Balaban J connectivity index is 2.11. The minimum Gasteiger partial charge on any atom is -0.349 e. The van der Waals surface area contributed by atoms with Crippen molar-refractivity contribution in [1.82, 2.24) is 5.32 Å². The van der Waals surface area contributed by atoms with Gasteiger partial charge in [-0.2, -0.15) is 0 Å². The summed E-state index contributed by atoms with van der Waals surface area (Å²) in [7, 11) is 0. The molecule has 0 spiro atoms. The highest BCUT2D eigenvalue weighted by Crippen LogP contribution is 2.38. The molecule has 1 aromatic carbocycles. The lowest BCUT2D eigenvalue weighted by atomic mass is 9.69. The molecule has 0 heterocycles. The van der Waals surface area contributed by atoms with E-state index in [9.17, 15) is 9.18 Å². The van der Waals surface area contributed by atoms with Crippen LogP contribution in [0.15, 0.2) is 24.3 Å². The fourth-order valence-corrected chi connectivity index (χ4v) is 3.23. The molecular weight excluding hydrogens is 253 g/mol. The Kier molecular flexibility index (Phi) is 4.46. The summed E-state index contributed by atoms with van der Waals surface area (Å²) in [5.41, 5.74) is 0.305. The van der Waals surface area contributed by atoms with Crippen LogP contribution in [0.2, 0.25) is 0 Å². The molecule has 0 saturated heterocycles. The predicted octanol–water partition coefficient (Wildman–Crippen LogP) is 4.16. The van der Waals surface area contributed by atoms with Crippen molar-refractivity contribution in [3.63, 3.8) is 0 Å². The molecule has 2 rings (SSSR count). The molecular formula is C17H24FNO. The van der Waals surface area contributed by atoms with Crippen molar-refractivity contribution in [2.45, 2.75) is 52.5 Å². The molecule has 1 aromatic rings. The second-order valence-electron chi connectivity index (χ2n) is 6.82. The van der Waals surface area contributed by atoms with Crippen LogP contribution in [-0.4, -0.2) is 11.9 Å². The minimum atomic E-state index is -0.451. The number of carbonyl (C=O) groups excluding carboxylic acids is 1. The Morgan fingerprint density at radius 3 is 2.50 bits per heavy atom. The van der Waals surface area contributed by atoms with E-state index in [0.29, 0.717) is 5.92 Å². The Bertz CT molecular complexity index is 478. The zero-order valence-electron chi connectivity index (χ0n) is 12.6. The lowest BCUT2D eigenvalue weighted by Crippen LogP contribution is -2.46. The largest absolute Gasteiger partial charge is 0.349 e. The zero-order chi connectivity index (χ0) is 14.8. The maximum atomic E-state index is 13.7. The number of hydrogen-bond donors (Lipinski definition) is 1. The van der Waals surface area contributed by atoms with Crippen molar-refractivity contribution in [3.8, 4) is 0 Å². The van der Waals surface area contributed by atoms with Gasteiger partial charge in [-0.05, 0) is 36.3 Å². The first-order valence-electron chi connectivity index (χ1n) is 7.45. The van der Waals surface area contributed by atoms with E-state index in [4.69, 9.17) is 0 Å². The Hall–Kier alpha value is -1.38. The second kappa shape index (κ2) is 5.94.